The summed E-state index contributed by atoms with van der Waals surface area (Å²) >= 11 is 0. The first-order valence-corrected chi connectivity index (χ1v) is 7.92. The predicted molar refractivity (Wildman–Crippen MR) is 89.3 cm³/mol. The van der Waals surface area contributed by atoms with E-state index in [1.54, 1.807) is 0 Å². The molecule has 0 amide bonds. The fourth-order valence-corrected chi connectivity index (χ4v) is 3.77. The first kappa shape index (κ1) is 14.4. The number of benzene rings is 1. The Labute approximate surface area is 127 Å². The Morgan fingerprint density at radius 1 is 1.19 bits per heavy atom. The van der Waals surface area contributed by atoms with Crippen molar-refractivity contribution < 1.29 is 0 Å². The van der Waals surface area contributed by atoms with E-state index in [-0.39, 0.29) is 0 Å². The van der Waals surface area contributed by atoms with Crippen LogP contribution in [0.15, 0.2) is 18.2 Å². The highest BCUT2D eigenvalue weighted by Crippen LogP contribution is 2.69. The van der Waals surface area contributed by atoms with Crippen molar-refractivity contribution in [1.29, 1.82) is 0 Å². The molecule has 1 fully saturated rings. The Morgan fingerprint density at radius 3 is 2.33 bits per heavy atom. The molecule has 3 rings (SSSR count). The van der Waals surface area contributed by atoms with Gasteiger partial charge in [0.2, 0.25) is 0 Å². The molecule has 114 valence electrons. The topological polar surface area (TPSA) is 43.8 Å². The summed E-state index contributed by atoms with van der Waals surface area (Å²) in [5.41, 5.74) is 9.72. The Balaban J connectivity index is 2.07. The lowest BCUT2D eigenvalue weighted by Gasteiger charge is -2.12. The highest BCUT2D eigenvalue weighted by atomic mass is 15.1. The molecule has 1 aliphatic carbocycles. The molecular weight excluding hydrogens is 258 g/mol. The molecule has 0 spiro atoms. The fraction of sp³-hybridized carbons (Fsp3) is 0.611. The zero-order chi connectivity index (χ0) is 15.6. The van der Waals surface area contributed by atoms with E-state index in [0.29, 0.717) is 22.7 Å². The van der Waals surface area contributed by atoms with Gasteiger partial charge in [-0.1, -0.05) is 41.5 Å². The Kier molecular flexibility index (Phi) is 2.92. The van der Waals surface area contributed by atoms with Crippen molar-refractivity contribution >= 4 is 16.7 Å². The maximum absolute atomic E-state index is 5.91. The van der Waals surface area contributed by atoms with E-state index in [1.165, 1.54) is 11.3 Å². The number of fused-ring (bicyclic) bond motifs is 1. The van der Waals surface area contributed by atoms with Crippen molar-refractivity contribution in [1.82, 2.24) is 9.55 Å². The summed E-state index contributed by atoms with van der Waals surface area (Å²) in [4.78, 5) is 4.83. The zero-order valence-electron chi connectivity index (χ0n) is 14.1. The van der Waals surface area contributed by atoms with Gasteiger partial charge in [-0.2, -0.15) is 0 Å². The van der Waals surface area contributed by atoms with E-state index in [2.05, 4.69) is 52.2 Å². The first-order valence-electron chi connectivity index (χ1n) is 7.92. The smallest absolute Gasteiger partial charge is 0.112 e. The minimum absolute atomic E-state index is 0.394. The van der Waals surface area contributed by atoms with Crippen molar-refractivity contribution in [2.45, 2.75) is 54.0 Å². The third kappa shape index (κ3) is 1.97. The van der Waals surface area contributed by atoms with E-state index in [9.17, 15) is 0 Å². The van der Waals surface area contributed by atoms with Crippen LogP contribution in [0.2, 0.25) is 0 Å². The molecule has 2 N–H and O–H groups in total. The van der Waals surface area contributed by atoms with Gasteiger partial charge in [0, 0.05) is 18.2 Å². The molecule has 0 saturated heterocycles. The normalized spacial score (nSPS) is 20.3. The number of aromatic nitrogens is 2. The summed E-state index contributed by atoms with van der Waals surface area (Å²) in [5, 5.41) is 0. The molecule has 1 aromatic carbocycles. The molecule has 0 radical (unpaired) electrons. The van der Waals surface area contributed by atoms with Gasteiger partial charge in [0.15, 0.2) is 0 Å². The van der Waals surface area contributed by atoms with Crippen molar-refractivity contribution in [3.63, 3.8) is 0 Å². The van der Waals surface area contributed by atoms with Crippen LogP contribution in [0.25, 0.3) is 11.0 Å². The van der Waals surface area contributed by atoms with Gasteiger partial charge in [0.1, 0.15) is 5.82 Å². The monoisotopic (exact) mass is 285 g/mol. The Morgan fingerprint density at radius 2 is 1.81 bits per heavy atom. The number of nitrogens with two attached hydrogens (primary N) is 1. The molecule has 21 heavy (non-hydrogen) atoms. The van der Waals surface area contributed by atoms with Crippen LogP contribution in [0.3, 0.4) is 0 Å². The van der Waals surface area contributed by atoms with Crippen LogP contribution in [0.1, 0.15) is 53.3 Å². The molecule has 2 aromatic rings. The Hall–Kier alpha value is -1.51. The maximum Gasteiger partial charge on any atom is 0.112 e. The third-order valence-corrected chi connectivity index (χ3v) is 6.00. The van der Waals surface area contributed by atoms with E-state index in [1.807, 2.05) is 12.1 Å². The molecule has 1 heterocycles. The molecule has 0 aliphatic heterocycles. The number of nitrogen functional groups attached to an aromatic ring is 1. The summed E-state index contributed by atoms with van der Waals surface area (Å²) in [6.07, 6.45) is 0. The van der Waals surface area contributed by atoms with Crippen molar-refractivity contribution in [3.8, 4) is 0 Å². The number of anilines is 1. The summed E-state index contributed by atoms with van der Waals surface area (Å²) < 4.78 is 2.42. The van der Waals surface area contributed by atoms with Gasteiger partial charge >= 0.3 is 0 Å². The SMILES string of the molecule is CC(C)c1nc2cc(N)ccc2n1CC1C(C)(C)C1(C)C. The summed E-state index contributed by atoms with van der Waals surface area (Å²) in [6, 6.07) is 6.08. The first-order chi connectivity index (χ1) is 9.66. The van der Waals surface area contributed by atoms with Gasteiger partial charge in [-0.3, -0.25) is 0 Å². The second kappa shape index (κ2) is 4.25. The lowest BCUT2D eigenvalue weighted by Crippen LogP contribution is -2.09. The molecule has 3 nitrogen and oxygen atoms in total. The summed E-state index contributed by atoms with van der Waals surface area (Å²) in [6.45, 7) is 15.0. The minimum atomic E-state index is 0.394. The second-order valence-electron chi connectivity index (χ2n) is 7.98. The number of hydrogen-bond acceptors (Lipinski definition) is 2. The molecule has 0 atom stereocenters. The van der Waals surface area contributed by atoms with Crippen molar-refractivity contribution in [3.05, 3.63) is 24.0 Å². The zero-order valence-corrected chi connectivity index (χ0v) is 14.1. The van der Waals surface area contributed by atoms with Gasteiger partial charge in [-0.15, -0.1) is 0 Å². The van der Waals surface area contributed by atoms with Crippen molar-refractivity contribution in [2.75, 3.05) is 5.73 Å². The van der Waals surface area contributed by atoms with Gasteiger partial charge in [0.25, 0.3) is 0 Å². The quantitative estimate of drug-likeness (QED) is 0.848. The van der Waals surface area contributed by atoms with Gasteiger partial charge in [-0.25, -0.2) is 4.98 Å². The van der Waals surface area contributed by atoms with Crippen LogP contribution in [-0.2, 0) is 6.54 Å². The lowest BCUT2D eigenvalue weighted by atomic mass is 10.0. The molecule has 0 unspecified atom stereocenters. The summed E-state index contributed by atoms with van der Waals surface area (Å²) in [5.74, 6) is 2.29. The van der Waals surface area contributed by atoms with Crippen LogP contribution in [0.4, 0.5) is 5.69 Å². The van der Waals surface area contributed by atoms with Crippen LogP contribution < -0.4 is 5.73 Å². The maximum atomic E-state index is 5.91. The predicted octanol–water partition coefficient (Wildman–Crippen LogP) is 4.42. The average molecular weight is 285 g/mol. The summed E-state index contributed by atoms with van der Waals surface area (Å²) in [7, 11) is 0. The largest absolute Gasteiger partial charge is 0.399 e. The Bertz CT molecular complexity index is 678. The van der Waals surface area contributed by atoms with Crippen LogP contribution in [0, 0.1) is 16.7 Å². The van der Waals surface area contributed by atoms with Gasteiger partial charge in [-0.05, 0) is 34.9 Å². The molecule has 1 aliphatic rings. The molecule has 1 saturated carbocycles. The molecule has 1 aromatic heterocycles. The molecule has 0 bridgehead atoms. The number of hydrogen-bond donors (Lipinski definition) is 1. The molecular formula is C18H27N3. The number of rotatable bonds is 3. The van der Waals surface area contributed by atoms with E-state index < -0.39 is 0 Å². The van der Waals surface area contributed by atoms with E-state index in [4.69, 9.17) is 10.7 Å². The third-order valence-electron chi connectivity index (χ3n) is 6.00. The fourth-order valence-electron chi connectivity index (χ4n) is 3.77. The van der Waals surface area contributed by atoms with Crippen molar-refractivity contribution in [2.24, 2.45) is 16.7 Å². The lowest BCUT2D eigenvalue weighted by molar-refractivity contribution is 0.457. The number of nitrogens with zero attached hydrogens (tertiary/aromatic N) is 2. The second-order valence-corrected chi connectivity index (χ2v) is 7.98. The van der Waals surface area contributed by atoms with E-state index >= 15 is 0 Å². The van der Waals surface area contributed by atoms with Gasteiger partial charge < -0.3 is 10.3 Å². The molecule has 3 heteroatoms. The average Bonchev–Trinajstić information content (AvgIpc) is 2.70. The van der Waals surface area contributed by atoms with Crippen LogP contribution in [-0.4, -0.2) is 9.55 Å². The highest BCUT2D eigenvalue weighted by molar-refractivity contribution is 5.79. The van der Waals surface area contributed by atoms with Gasteiger partial charge in [0.05, 0.1) is 11.0 Å². The number of imidazole rings is 1. The van der Waals surface area contributed by atoms with E-state index in [0.717, 1.165) is 17.7 Å². The minimum Gasteiger partial charge on any atom is -0.399 e. The standard InChI is InChI=1S/C18H27N3/c1-11(2)16-20-13-9-12(19)7-8-14(13)21(16)10-15-17(3,4)18(15,5)6/h7-9,11,15H,10,19H2,1-6H3. The highest BCUT2D eigenvalue weighted by Gasteiger charge is 2.64. The van der Waals surface area contributed by atoms with Crippen LogP contribution >= 0.6 is 0 Å². The van der Waals surface area contributed by atoms with Crippen LogP contribution in [0.5, 0.6) is 0 Å².